The van der Waals surface area contributed by atoms with Gasteiger partial charge in [-0.1, -0.05) is 18.2 Å². The molecule has 0 bridgehead atoms. The monoisotopic (exact) mass is 285 g/mol. The van der Waals surface area contributed by atoms with Crippen molar-refractivity contribution in [3.8, 4) is 0 Å². The lowest BCUT2D eigenvalue weighted by molar-refractivity contribution is -0.121. The molecule has 1 amide bonds. The molecule has 21 heavy (non-hydrogen) atoms. The lowest BCUT2D eigenvalue weighted by atomic mass is 10.1. The van der Waals surface area contributed by atoms with Crippen LogP contribution in [0, 0.1) is 0 Å². The minimum Gasteiger partial charge on any atom is -0.356 e. The van der Waals surface area contributed by atoms with Crippen molar-refractivity contribution in [2.24, 2.45) is 0 Å². The molecule has 112 valence electrons. The highest BCUT2D eigenvalue weighted by Gasteiger charge is 2.16. The van der Waals surface area contributed by atoms with Gasteiger partial charge in [0.2, 0.25) is 5.91 Å². The van der Waals surface area contributed by atoms with Gasteiger partial charge in [0.05, 0.1) is 0 Å². The maximum absolute atomic E-state index is 11.8. The van der Waals surface area contributed by atoms with Gasteiger partial charge in [0, 0.05) is 37.3 Å². The second-order valence-corrected chi connectivity index (χ2v) is 5.77. The number of nitrogens with zero attached hydrogens (tertiary/aromatic N) is 1. The fourth-order valence-corrected chi connectivity index (χ4v) is 3.04. The van der Waals surface area contributed by atoms with Crippen molar-refractivity contribution >= 4 is 16.8 Å². The van der Waals surface area contributed by atoms with Gasteiger partial charge in [-0.25, -0.2) is 0 Å². The number of para-hydroxylation sites is 1. The highest BCUT2D eigenvalue weighted by Crippen LogP contribution is 2.15. The summed E-state index contributed by atoms with van der Waals surface area (Å²) >= 11 is 0. The molecule has 3 rings (SSSR count). The molecular weight excluding hydrogens is 262 g/mol. The zero-order valence-electron chi connectivity index (χ0n) is 12.3. The molecule has 1 aliphatic rings. The smallest absolute Gasteiger partial charge is 0.221 e. The van der Waals surface area contributed by atoms with Crippen molar-refractivity contribution < 1.29 is 4.79 Å². The Hall–Kier alpha value is -1.81. The van der Waals surface area contributed by atoms with Gasteiger partial charge in [-0.05, 0) is 43.3 Å². The number of amides is 1. The number of fused-ring (bicyclic) bond motifs is 1. The summed E-state index contributed by atoms with van der Waals surface area (Å²) in [4.78, 5) is 11.8. The first-order valence-corrected chi connectivity index (χ1v) is 7.87. The molecule has 0 radical (unpaired) electrons. The lowest BCUT2D eigenvalue weighted by Gasteiger charge is -2.11. The average molecular weight is 285 g/mol. The second-order valence-electron chi connectivity index (χ2n) is 5.77. The van der Waals surface area contributed by atoms with Crippen LogP contribution < -0.4 is 10.6 Å². The molecule has 4 nitrogen and oxygen atoms in total. The quantitative estimate of drug-likeness (QED) is 0.800. The molecule has 0 spiro atoms. The van der Waals surface area contributed by atoms with Crippen LogP contribution in [-0.2, 0) is 11.3 Å². The maximum Gasteiger partial charge on any atom is 0.221 e. The third kappa shape index (κ3) is 3.64. The van der Waals surface area contributed by atoms with Crippen LogP contribution in [0.25, 0.3) is 10.9 Å². The molecule has 0 aliphatic carbocycles. The van der Waals surface area contributed by atoms with E-state index in [-0.39, 0.29) is 5.91 Å². The summed E-state index contributed by atoms with van der Waals surface area (Å²) < 4.78 is 2.25. The number of aromatic nitrogens is 1. The van der Waals surface area contributed by atoms with E-state index in [1.807, 2.05) is 0 Å². The molecule has 1 aliphatic heterocycles. The number of aryl methyl sites for hydroxylation is 1. The summed E-state index contributed by atoms with van der Waals surface area (Å²) in [5.41, 5.74) is 1.26. The Kier molecular flexibility index (Phi) is 4.55. The minimum absolute atomic E-state index is 0.173. The van der Waals surface area contributed by atoms with Crippen LogP contribution in [0.15, 0.2) is 36.5 Å². The Bertz CT molecular complexity index is 599. The van der Waals surface area contributed by atoms with Gasteiger partial charge < -0.3 is 15.2 Å². The molecule has 1 atom stereocenters. The van der Waals surface area contributed by atoms with Crippen LogP contribution in [0.2, 0.25) is 0 Å². The average Bonchev–Trinajstić information content (AvgIpc) is 3.13. The zero-order chi connectivity index (χ0) is 14.5. The van der Waals surface area contributed by atoms with Gasteiger partial charge >= 0.3 is 0 Å². The van der Waals surface area contributed by atoms with Crippen molar-refractivity contribution in [1.29, 1.82) is 0 Å². The number of hydrogen-bond acceptors (Lipinski definition) is 2. The van der Waals surface area contributed by atoms with Crippen LogP contribution in [0.4, 0.5) is 0 Å². The molecule has 2 aromatic rings. The van der Waals surface area contributed by atoms with E-state index in [2.05, 4.69) is 51.7 Å². The Balaban J connectivity index is 1.40. The van der Waals surface area contributed by atoms with Gasteiger partial charge in [-0.2, -0.15) is 0 Å². The van der Waals surface area contributed by atoms with E-state index in [0.29, 0.717) is 12.5 Å². The van der Waals surface area contributed by atoms with Gasteiger partial charge in [0.1, 0.15) is 0 Å². The normalized spacial score (nSPS) is 18.2. The topological polar surface area (TPSA) is 46.1 Å². The highest BCUT2D eigenvalue weighted by atomic mass is 16.1. The van der Waals surface area contributed by atoms with Crippen molar-refractivity contribution in [1.82, 2.24) is 15.2 Å². The summed E-state index contributed by atoms with van der Waals surface area (Å²) in [5.74, 6) is 0.173. The molecule has 1 fully saturated rings. The Morgan fingerprint density at radius 2 is 2.24 bits per heavy atom. The third-order valence-electron chi connectivity index (χ3n) is 4.17. The summed E-state index contributed by atoms with van der Waals surface area (Å²) in [6.45, 7) is 2.74. The summed E-state index contributed by atoms with van der Waals surface area (Å²) in [6, 6.07) is 10.9. The van der Waals surface area contributed by atoms with E-state index in [9.17, 15) is 4.79 Å². The van der Waals surface area contributed by atoms with Crippen molar-refractivity contribution in [3.63, 3.8) is 0 Å². The first-order valence-electron chi connectivity index (χ1n) is 7.87. The molecule has 0 saturated carbocycles. The Morgan fingerprint density at radius 1 is 1.33 bits per heavy atom. The predicted octanol–water partition coefficient (Wildman–Crippen LogP) is 2.29. The van der Waals surface area contributed by atoms with Crippen LogP contribution in [0.5, 0.6) is 0 Å². The van der Waals surface area contributed by atoms with E-state index in [0.717, 1.165) is 32.5 Å². The number of carbonyl (C=O) groups excluding carboxylic acids is 1. The van der Waals surface area contributed by atoms with Gasteiger partial charge in [0.25, 0.3) is 0 Å². The third-order valence-corrected chi connectivity index (χ3v) is 4.17. The molecule has 4 heteroatoms. The van der Waals surface area contributed by atoms with Gasteiger partial charge in [-0.3, -0.25) is 4.79 Å². The number of benzene rings is 1. The first kappa shape index (κ1) is 14.1. The summed E-state index contributed by atoms with van der Waals surface area (Å²) in [6.07, 6.45) is 6.02. The number of nitrogens with one attached hydrogen (secondary N) is 2. The van der Waals surface area contributed by atoms with Crippen molar-refractivity contribution in [2.45, 2.75) is 38.3 Å². The zero-order valence-corrected chi connectivity index (χ0v) is 12.3. The van der Waals surface area contributed by atoms with Crippen LogP contribution in [0.1, 0.15) is 25.7 Å². The number of hydrogen-bond donors (Lipinski definition) is 2. The van der Waals surface area contributed by atoms with Gasteiger partial charge in [0.15, 0.2) is 0 Å². The van der Waals surface area contributed by atoms with Crippen LogP contribution >= 0.6 is 0 Å². The molecule has 2 N–H and O–H groups in total. The van der Waals surface area contributed by atoms with Crippen molar-refractivity contribution in [2.75, 3.05) is 13.1 Å². The van der Waals surface area contributed by atoms with Gasteiger partial charge in [-0.15, -0.1) is 0 Å². The maximum atomic E-state index is 11.8. The standard InChI is InChI=1S/C17H23N3O/c21-17(13-15-6-3-9-18-15)19-10-4-11-20-12-8-14-5-1-2-7-16(14)20/h1-2,5,7-8,12,15,18H,3-4,6,9-11,13H2,(H,19,21). The largest absolute Gasteiger partial charge is 0.356 e. The Morgan fingerprint density at radius 3 is 3.10 bits per heavy atom. The van der Waals surface area contributed by atoms with E-state index < -0.39 is 0 Å². The van der Waals surface area contributed by atoms with E-state index in [1.165, 1.54) is 17.3 Å². The van der Waals surface area contributed by atoms with E-state index >= 15 is 0 Å². The molecule has 2 heterocycles. The first-order chi connectivity index (χ1) is 10.3. The molecule has 1 aromatic heterocycles. The van der Waals surface area contributed by atoms with Crippen LogP contribution in [-0.4, -0.2) is 29.6 Å². The fraction of sp³-hybridized carbons (Fsp3) is 0.471. The molecular formula is C17H23N3O. The fourth-order valence-electron chi connectivity index (χ4n) is 3.04. The molecule has 1 aromatic carbocycles. The van der Waals surface area contributed by atoms with Crippen LogP contribution in [0.3, 0.4) is 0 Å². The molecule has 1 saturated heterocycles. The molecule has 1 unspecified atom stereocenters. The number of carbonyl (C=O) groups is 1. The Labute approximate surface area is 125 Å². The SMILES string of the molecule is O=C(CC1CCCN1)NCCCn1ccc2ccccc21. The minimum atomic E-state index is 0.173. The summed E-state index contributed by atoms with van der Waals surface area (Å²) in [5, 5.41) is 7.66. The summed E-state index contributed by atoms with van der Waals surface area (Å²) in [7, 11) is 0. The van der Waals surface area contributed by atoms with E-state index in [1.54, 1.807) is 0 Å². The lowest BCUT2D eigenvalue weighted by Crippen LogP contribution is -2.32. The second kappa shape index (κ2) is 6.76. The van der Waals surface area contributed by atoms with E-state index in [4.69, 9.17) is 0 Å². The predicted molar refractivity (Wildman–Crippen MR) is 85.2 cm³/mol. The number of rotatable bonds is 6. The highest BCUT2D eigenvalue weighted by molar-refractivity contribution is 5.79. The van der Waals surface area contributed by atoms with Crippen molar-refractivity contribution in [3.05, 3.63) is 36.5 Å².